The van der Waals surface area contributed by atoms with Crippen molar-refractivity contribution < 1.29 is 9.84 Å². The Kier molecular flexibility index (Phi) is 4.56. The molecule has 0 aliphatic rings. The largest absolute Gasteiger partial charge is 0.496 e. The van der Waals surface area contributed by atoms with Crippen LogP contribution in [0.2, 0.25) is 0 Å². The number of rotatable bonds is 4. The first-order chi connectivity index (χ1) is 9.10. The fourth-order valence-electron chi connectivity index (χ4n) is 1.91. The molecule has 1 N–H and O–H groups in total. The fourth-order valence-corrected chi connectivity index (χ4v) is 2.32. The summed E-state index contributed by atoms with van der Waals surface area (Å²) in [4.78, 5) is 4.20. The molecule has 0 radical (unpaired) electrons. The number of pyridine rings is 1. The van der Waals surface area contributed by atoms with E-state index in [1.54, 1.807) is 13.3 Å². The molecule has 0 fully saturated rings. The molecule has 2 aromatic rings. The Morgan fingerprint density at radius 3 is 2.74 bits per heavy atom. The average molecular weight is 322 g/mol. The number of ether oxygens (including phenoxy) is 1. The first-order valence-electron chi connectivity index (χ1n) is 6.03. The van der Waals surface area contributed by atoms with E-state index in [1.165, 1.54) is 0 Å². The molecule has 0 saturated carbocycles. The third-order valence-electron chi connectivity index (χ3n) is 2.97. The van der Waals surface area contributed by atoms with Crippen molar-refractivity contribution in [1.82, 2.24) is 4.98 Å². The smallest absolute Gasteiger partial charge is 0.122 e. The van der Waals surface area contributed by atoms with Crippen LogP contribution in [0.25, 0.3) is 0 Å². The minimum Gasteiger partial charge on any atom is -0.496 e. The minimum atomic E-state index is -0.587. The normalized spacial score (nSPS) is 12.2. The summed E-state index contributed by atoms with van der Waals surface area (Å²) in [5.41, 5.74) is 2.72. The van der Waals surface area contributed by atoms with Crippen molar-refractivity contribution in [3.63, 3.8) is 0 Å². The van der Waals surface area contributed by atoms with Crippen molar-refractivity contribution in [2.24, 2.45) is 0 Å². The molecule has 2 rings (SSSR count). The van der Waals surface area contributed by atoms with Gasteiger partial charge in [-0.15, -0.1) is 0 Å². The molecule has 0 bridgehead atoms. The number of aliphatic hydroxyl groups is 1. The maximum atomic E-state index is 10.3. The van der Waals surface area contributed by atoms with Gasteiger partial charge in [-0.2, -0.15) is 0 Å². The molecule has 0 amide bonds. The van der Waals surface area contributed by atoms with E-state index in [0.717, 1.165) is 27.0 Å². The van der Waals surface area contributed by atoms with Gasteiger partial charge in [-0.05, 0) is 42.3 Å². The second-order valence-electron chi connectivity index (χ2n) is 4.41. The van der Waals surface area contributed by atoms with Crippen LogP contribution >= 0.6 is 15.9 Å². The summed E-state index contributed by atoms with van der Waals surface area (Å²) < 4.78 is 6.28. The Morgan fingerprint density at radius 2 is 2.11 bits per heavy atom. The molecule has 0 aliphatic carbocycles. The van der Waals surface area contributed by atoms with E-state index in [4.69, 9.17) is 4.74 Å². The molecule has 19 heavy (non-hydrogen) atoms. The van der Waals surface area contributed by atoms with Crippen molar-refractivity contribution in [2.75, 3.05) is 7.11 Å². The lowest BCUT2D eigenvalue weighted by Crippen LogP contribution is -2.04. The van der Waals surface area contributed by atoms with Crippen molar-refractivity contribution in [1.29, 1.82) is 0 Å². The molecule has 1 heterocycles. The van der Waals surface area contributed by atoms with Crippen molar-refractivity contribution in [2.45, 2.75) is 19.4 Å². The summed E-state index contributed by atoms with van der Waals surface area (Å²) in [7, 11) is 1.63. The van der Waals surface area contributed by atoms with Gasteiger partial charge in [-0.1, -0.05) is 22.0 Å². The molecule has 4 heteroatoms. The molecule has 100 valence electrons. The van der Waals surface area contributed by atoms with Crippen molar-refractivity contribution >= 4 is 15.9 Å². The number of benzene rings is 1. The maximum Gasteiger partial charge on any atom is 0.122 e. The standard InChI is InChI=1S/C15H16BrNO2/c1-10-3-4-11(9-17-10)14(18)8-12-7-13(16)5-6-15(12)19-2/h3-7,9,14,18H,8H2,1-2H3. The molecule has 0 aliphatic heterocycles. The van der Waals surface area contributed by atoms with Crippen molar-refractivity contribution in [3.05, 3.63) is 57.8 Å². The minimum absolute atomic E-state index is 0.493. The van der Waals surface area contributed by atoms with Crippen molar-refractivity contribution in [3.8, 4) is 5.75 Å². The van der Waals surface area contributed by atoms with Gasteiger partial charge in [0, 0.05) is 22.8 Å². The number of nitrogens with zero attached hydrogens (tertiary/aromatic N) is 1. The Bertz CT molecular complexity index is 555. The van der Waals surface area contributed by atoms with Gasteiger partial charge in [-0.3, -0.25) is 4.98 Å². The van der Waals surface area contributed by atoms with Gasteiger partial charge in [0.15, 0.2) is 0 Å². The number of aliphatic hydroxyl groups excluding tert-OH is 1. The van der Waals surface area contributed by atoms with Gasteiger partial charge >= 0.3 is 0 Å². The van der Waals surface area contributed by atoms with Gasteiger partial charge in [0.1, 0.15) is 5.75 Å². The molecule has 0 spiro atoms. The van der Waals surface area contributed by atoms with Crippen LogP contribution in [0.4, 0.5) is 0 Å². The molecular weight excluding hydrogens is 306 g/mol. The van der Waals surface area contributed by atoms with Gasteiger partial charge in [0.05, 0.1) is 13.2 Å². The maximum absolute atomic E-state index is 10.3. The Morgan fingerprint density at radius 1 is 1.32 bits per heavy atom. The Labute approximate surface area is 121 Å². The monoisotopic (exact) mass is 321 g/mol. The van der Waals surface area contributed by atoms with Gasteiger partial charge < -0.3 is 9.84 Å². The summed E-state index contributed by atoms with van der Waals surface area (Å²) in [6, 6.07) is 9.57. The third-order valence-corrected chi connectivity index (χ3v) is 3.47. The average Bonchev–Trinajstić information content (AvgIpc) is 2.39. The summed E-state index contributed by atoms with van der Waals surface area (Å²) in [5.74, 6) is 0.780. The van der Waals surface area contributed by atoms with E-state index in [1.807, 2.05) is 37.3 Å². The fraction of sp³-hybridized carbons (Fsp3) is 0.267. The number of aryl methyl sites for hydroxylation is 1. The SMILES string of the molecule is COc1ccc(Br)cc1CC(O)c1ccc(C)nc1. The number of hydrogen-bond acceptors (Lipinski definition) is 3. The van der Waals surface area contributed by atoms with Gasteiger partial charge in [0.25, 0.3) is 0 Å². The highest BCUT2D eigenvalue weighted by molar-refractivity contribution is 9.10. The number of aromatic nitrogens is 1. The molecule has 1 aromatic heterocycles. The molecule has 0 saturated heterocycles. The highest BCUT2D eigenvalue weighted by Gasteiger charge is 2.12. The molecule has 1 atom stereocenters. The predicted molar refractivity (Wildman–Crippen MR) is 78.3 cm³/mol. The summed E-state index contributed by atoms with van der Waals surface area (Å²) >= 11 is 3.43. The van der Waals surface area contributed by atoms with E-state index < -0.39 is 6.10 Å². The van der Waals surface area contributed by atoms with E-state index in [0.29, 0.717) is 6.42 Å². The van der Waals surface area contributed by atoms with E-state index in [-0.39, 0.29) is 0 Å². The molecular formula is C15H16BrNO2. The highest BCUT2D eigenvalue weighted by atomic mass is 79.9. The topological polar surface area (TPSA) is 42.4 Å². The first-order valence-corrected chi connectivity index (χ1v) is 6.82. The Hall–Kier alpha value is -1.39. The van der Waals surface area contributed by atoms with Crippen LogP contribution in [0.1, 0.15) is 22.9 Å². The zero-order valence-electron chi connectivity index (χ0n) is 10.9. The predicted octanol–water partition coefficient (Wildman–Crippen LogP) is 3.44. The van der Waals surface area contributed by atoms with Gasteiger partial charge in [0.2, 0.25) is 0 Å². The van der Waals surface area contributed by atoms with Crippen LogP contribution in [0.5, 0.6) is 5.75 Å². The zero-order chi connectivity index (χ0) is 13.8. The van der Waals surface area contributed by atoms with Crippen LogP contribution in [-0.4, -0.2) is 17.2 Å². The van der Waals surface area contributed by atoms with Crippen LogP contribution in [0, 0.1) is 6.92 Å². The summed E-state index contributed by atoms with van der Waals surface area (Å²) in [6.07, 6.45) is 1.62. The molecule has 3 nitrogen and oxygen atoms in total. The lowest BCUT2D eigenvalue weighted by atomic mass is 10.0. The quantitative estimate of drug-likeness (QED) is 0.938. The lowest BCUT2D eigenvalue weighted by Gasteiger charge is -2.14. The van der Waals surface area contributed by atoms with E-state index in [2.05, 4.69) is 20.9 Å². The lowest BCUT2D eigenvalue weighted by molar-refractivity contribution is 0.177. The summed E-state index contributed by atoms with van der Waals surface area (Å²) in [5, 5.41) is 10.3. The second kappa shape index (κ2) is 6.17. The van der Waals surface area contributed by atoms with Crippen LogP contribution in [0.15, 0.2) is 41.0 Å². The number of halogens is 1. The van der Waals surface area contributed by atoms with Gasteiger partial charge in [-0.25, -0.2) is 0 Å². The first kappa shape index (κ1) is 14.0. The second-order valence-corrected chi connectivity index (χ2v) is 5.32. The Balaban J connectivity index is 2.20. The molecule has 1 unspecified atom stereocenters. The van der Waals surface area contributed by atoms with Crippen LogP contribution in [0.3, 0.4) is 0 Å². The highest BCUT2D eigenvalue weighted by Crippen LogP contribution is 2.27. The third kappa shape index (κ3) is 3.55. The number of methoxy groups -OCH3 is 1. The van der Waals surface area contributed by atoms with Crippen LogP contribution in [-0.2, 0) is 6.42 Å². The zero-order valence-corrected chi connectivity index (χ0v) is 12.5. The van der Waals surface area contributed by atoms with E-state index in [9.17, 15) is 5.11 Å². The number of hydrogen-bond donors (Lipinski definition) is 1. The van der Waals surface area contributed by atoms with Crippen LogP contribution < -0.4 is 4.74 Å². The summed E-state index contributed by atoms with van der Waals surface area (Å²) in [6.45, 7) is 1.92. The molecule has 1 aromatic carbocycles. The van der Waals surface area contributed by atoms with E-state index >= 15 is 0 Å².